The summed E-state index contributed by atoms with van der Waals surface area (Å²) in [5.41, 5.74) is 4.63. The van der Waals surface area contributed by atoms with E-state index >= 15 is 0 Å². The van der Waals surface area contributed by atoms with Gasteiger partial charge < -0.3 is 4.74 Å². The number of rotatable bonds is 4. The van der Waals surface area contributed by atoms with Crippen molar-refractivity contribution in [1.29, 1.82) is 0 Å². The standard InChI is InChI=1S/C18H27NO2/c1-12-10-13(2)16(14(3)11-12)17(18(20)21-4)19-15-8-6-5-7-9-15/h10-11,15,17,19H,5-9H2,1-4H3. The first-order chi connectivity index (χ1) is 10.0. The number of carbonyl (C=O) groups excluding carboxylic acids is 1. The van der Waals surface area contributed by atoms with E-state index in [2.05, 4.69) is 38.2 Å². The molecule has 21 heavy (non-hydrogen) atoms. The van der Waals surface area contributed by atoms with Crippen LogP contribution in [0.4, 0.5) is 0 Å². The normalized spacial score (nSPS) is 17.5. The summed E-state index contributed by atoms with van der Waals surface area (Å²) in [6, 6.07) is 4.35. The van der Waals surface area contributed by atoms with E-state index in [4.69, 9.17) is 4.74 Å². The fourth-order valence-electron chi connectivity index (χ4n) is 3.54. The van der Waals surface area contributed by atoms with E-state index in [0.29, 0.717) is 6.04 Å². The zero-order valence-electron chi connectivity index (χ0n) is 13.7. The molecular weight excluding hydrogens is 262 g/mol. The lowest BCUT2D eigenvalue weighted by Gasteiger charge is -2.29. The second-order valence-corrected chi connectivity index (χ2v) is 6.27. The molecule has 1 aromatic carbocycles. The Kier molecular flexibility index (Phi) is 5.40. The highest BCUT2D eigenvalue weighted by molar-refractivity contribution is 5.78. The van der Waals surface area contributed by atoms with E-state index in [1.54, 1.807) is 0 Å². The number of hydrogen-bond donors (Lipinski definition) is 1. The molecule has 2 rings (SSSR count). The van der Waals surface area contributed by atoms with E-state index in [9.17, 15) is 4.79 Å². The fraction of sp³-hybridized carbons (Fsp3) is 0.611. The van der Waals surface area contributed by atoms with E-state index in [-0.39, 0.29) is 12.0 Å². The van der Waals surface area contributed by atoms with Crippen molar-refractivity contribution >= 4 is 5.97 Å². The monoisotopic (exact) mass is 289 g/mol. The molecule has 1 aliphatic rings. The summed E-state index contributed by atoms with van der Waals surface area (Å²) < 4.78 is 5.05. The molecule has 3 heteroatoms. The van der Waals surface area contributed by atoms with Crippen LogP contribution in [0.25, 0.3) is 0 Å². The maximum atomic E-state index is 12.3. The van der Waals surface area contributed by atoms with Gasteiger partial charge in [-0.2, -0.15) is 0 Å². The Morgan fingerprint density at radius 2 is 1.71 bits per heavy atom. The predicted octanol–water partition coefficient (Wildman–Crippen LogP) is 3.75. The number of esters is 1. The van der Waals surface area contributed by atoms with Crippen molar-refractivity contribution in [2.45, 2.75) is 65.0 Å². The Balaban J connectivity index is 2.29. The number of nitrogens with one attached hydrogen (secondary N) is 1. The fourth-order valence-corrected chi connectivity index (χ4v) is 3.54. The lowest BCUT2D eigenvalue weighted by molar-refractivity contribution is -0.143. The molecule has 1 aromatic rings. The van der Waals surface area contributed by atoms with Crippen molar-refractivity contribution < 1.29 is 9.53 Å². The zero-order chi connectivity index (χ0) is 15.4. The molecule has 0 aromatic heterocycles. The van der Waals surface area contributed by atoms with Crippen LogP contribution in [-0.2, 0) is 9.53 Å². The van der Waals surface area contributed by atoms with Gasteiger partial charge in [0.05, 0.1) is 7.11 Å². The van der Waals surface area contributed by atoms with E-state index in [0.717, 1.165) is 29.5 Å². The highest BCUT2D eigenvalue weighted by atomic mass is 16.5. The van der Waals surface area contributed by atoms with Gasteiger partial charge in [0.2, 0.25) is 0 Å². The molecule has 0 saturated heterocycles. The smallest absolute Gasteiger partial charge is 0.327 e. The summed E-state index contributed by atoms with van der Waals surface area (Å²) in [4.78, 5) is 12.3. The average Bonchev–Trinajstić information content (AvgIpc) is 2.45. The molecule has 3 nitrogen and oxygen atoms in total. The molecule has 1 aliphatic carbocycles. The summed E-state index contributed by atoms with van der Waals surface area (Å²) in [5.74, 6) is -0.185. The molecule has 1 atom stereocenters. The lowest BCUT2D eigenvalue weighted by atomic mass is 9.90. The predicted molar refractivity (Wildman–Crippen MR) is 85.4 cm³/mol. The molecule has 0 bridgehead atoms. The van der Waals surface area contributed by atoms with Crippen molar-refractivity contribution in [1.82, 2.24) is 5.32 Å². The summed E-state index contributed by atoms with van der Waals surface area (Å²) in [5, 5.41) is 3.55. The van der Waals surface area contributed by atoms with Crippen LogP contribution in [-0.4, -0.2) is 19.1 Å². The molecule has 0 spiro atoms. The van der Waals surface area contributed by atoms with Crippen LogP contribution in [0.3, 0.4) is 0 Å². The van der Waals surface area contributed by atoms with Crippen LogP contribution in [0.5, 0.6) is 0 Å². The zero-order valence-corrected chi connectivity index (χ0v) is 13.7. The van der Waals surface area contributed by atoms with Crippen LogP contribution < -0.4 is 5.32 Å². The first-order valence-corrected chi connectivity index (χ1v) is 7.94. The average molecular weight is 289 g/mol. The van der Waals surface area contributed by atoms with Crippen LogP contribution in [0.15, 0.2) is 12.1 Å². The molecule has 1 fully saturated rings. The minimum Gasteiger partial charge on any atom is -0.468 e. The van der Waals surface area contributed by atoms with Crippen molar-refractivity contribution in [2.24, 2.45) is 0 Å². The third kappa shape index (κ3) is 3.85. The number of ether oxygens (including phenoxy) is 1. The summed E-state index contributed by atoms with van der Waals surface area (Å²) in [6.45, 7) is 6.24. The van der Waals surface area contributed by atoms with Crippen molar-refractivity contribution in [3.05, 3.63) is 34.4 Å². The highest BCUT2D eigenvalue weighted by Crippen LogP contribution is 2.27. The minimum absolute atomic E-state index is 0.185. The molecule has 0 amide bonds. The van der Waals surface area contributed by atoms with Crippen LogP contribution in [0.2, 0.25) is 0 Å². The van der Waals surface area contributed by atoms with Gasteiger partial charge in [0.1, 0.15) is 6.04 Å². The van der Waals surface area contributed by atoms with Gasteiger partial charge in [-0.3, -0.25) is 5.32 Å². The Labute approximate surface area is 128 Å². The van der Waals surface area contributed by atoms with Crippen LogP contribution in [0.1, 0.15) is 60.4 Å². The first kappa shape index (κ1) is 16.0. The number of hydrogen-bond acceptors (Lipinski definition) is 3. The summed E-state index contributed by atoms with van der Waals surface area (Å²) >= 11 is 0. The second-order valence-electron chi connectivity index (χ2n) is 6.27. The van der Waals surface area contributed by atoms with Gasteiger partial charge in [0, 0.05) is 6.04 Å². The maximum Gasteiger partial charge on any atom is 0.327 e. The SMILES string of the molecule is COC(=O)C(NC1CCCCC1)c1c(C)cc(C)cc1C. The quantitative estimate of drug-likeness (QED) is 0.858. The largest absolute Gasteiger partial charge is 0.468 e. The molecule has 1 N–H and O–H groups in total. The Hall–Kier alpha value is -1.35. The van der Waals surface area contributed by atoms with Crippen molar-refractivity contribution in [2.75, 3.05) is 7.11 Å². The molecule has 0 aliphatic heterocycles. The van der Waals surface area contributed by atoms with Crippen LogP contribution in [0, 0.1) is 20.8 Å². The second kappa shape index (κ2) is 7.08. The summed E-state index contributed by atoms with van der Waals surface area (Å²) in [6.07, 6.45) is 6.10. The third-order valence-corrected chi connectivity index (χ3v) is 4.47. The highest BCUT2D eigenvalue weighted by Gasteiger charge is 2.28. The van der Waals surface area contributed by atoms with Gasteiger partial charge >= 0.3 is 5.97 Å². The Bertz CT molecular complexity index is 481. The lowest BCUT2D eigenvalue weighted by Crippen LogP contribution is -2.39. The van der Waals surface area contributed by atoms with E-state index in [1.807, 2.05) is 0 Å². The van der Waals surface area contributed by atoms with E-state index < -0.39 is 0 Å². The molecular formula is C18H27NO2. The first-order valence-electron chi connectivity index (χ1n) is 7.94. The van der Waals surface area contributed by atoms with Crippen molar-refractivity contribution in [3.63, 3.8) is 0 Å². The van der Waals surface area contributed by atoms with Crippen LogP contribution >= 0.6 is 0 Å². The summed E-state index contributed by atoms with van der Waals surface area (Å²) in [7, 11) is 1.47. The minimum atomic E-state index is -0.348. The molecule has 1 unspecified atom stereocenters. The van der Waals surface area contributed by atoms with Crippen molar-refractivity contribution in [3.8, 4) is 0 Å². The van der Waals surface area contributed by atoms with Gasteiger partial charge in [-0.1, -0.05) is 37.0 Å². The van der Waals surface area contributed by atoms with Gasteiger partial charge in [-0.15, -0.1) is 0 Å². The Morgan fingerprint density at radius 1 is 1.14 bits per heavy atom. The van der Waals surface area contributed by atoms with Gasteiger partial charge in [-0.05, 0) is 50.3 Å². The van der Waals surface area contributed by atoms with E-state index in [1.165, 1.54) is 31.9 Å². The topological polar surface area (TPSA) is 38.3 Å². The number of carbonyl (C=O) groups is 1. The Morgan fingerprint density at radius 3 is 2.24 bits per heavy atom. The van der Waals surface area contributed by atoms with Gasteiger partial charge in [0.25, 0.3) is 0 Å². The number of benzene rings is 1. The maximum absolute atomic E-state index is 12.3. The van der Waals surface area contributed by atoms with Gasteiger partial charge in [-0.25, -0.2) is 4.79 Å². The number of methoxy groups -OCH3 is 1. The number of aryl methyl sites for hydroxylation is 3. The third-order valence-electron chi connectivity index (χ3n) is 4.47. The molecule has 1 saturated carbocycles. The molecule has 0 radical (unpaired) electrons. The van der Waals surface area contributed by atoms with Gasteiger partial charge in [0.15, 0.2) is 0 Å². The molecule has 116 valence electrons. The molecule has 0 heterocycles.